The Morgan fingerprint density at radius 2 is 2.40 bits per heavy atom. The Kier molecular flexibility index (Phi) is 2.28. The van der Waals surface area contributed by atoms with E-state index in [4.69, 9.17) is 16.7 Å². The lowest BCUT2D eigenvalue weighted by Crippen LogP contribution is -2.09. The van der Waals surface area contributed by atoms with Gasteiger partial charge in [-0.25, -0.2) is 9.50 Å². The van der Waals surface area contributed by atoms with Crippen LogP contribution in [0.25, 0.3) is 5.78 Å². The van der Waals surface area contributed by atoms with Crippen LogP contribution in [-0.2, 0) is 4.79 Å². The van der Waals surface area contributed by atoms with Gasteiger partial charge in [0.25, 0.3) is 5.78 Å². The first kappa shape index (κ1) is 9.85. The van der Waals surface area contributed by atoms with Crippen LogP contribution in [0.3, 0.4) is 0 Å². The lowest BCUT2D eigenvalue weighted by molar-refractivity contribution is -0.138. The van der Waals surface area contributed by atoms with Crippen molar-refractivity contribution in [3.05, 3.63) is 23.2 Å². The van der Waals surface area contributed by atoms with Crippen LogP contribution in [0.1, 0.15) is 18.7 Å². The fourth-order valence-electron chi connectivity index (χ4n) is 1.07. The summed E-state index contributed by atoms with van der Waals surface area (Å²) in [6, 6.07) is 0. The molecule has 0 aliphatic carbocycles. The zero-order valence-corrected chi connectivity index (χ0v) is 8.51. The number of nitrogens with zero attached hydrogens (tertiary/aromatic N) is 4. The van der Waals surface area contributed by atoms with Crippen LogP contribution in [0.5, 0.6) is 0 Å². The Morgan fingerprint density at radius 1 is 1.67 bits per heavy atom. The van der Waals surface area contributed by atoms with Crippen molar-refractivity contribution in [2.24, 2.45) is 0 Å². The molecule has 15 heavy (non-hydrogen) atoms. The van der Waals surface area contributed by atoms with Crippen molar-refractivity contribution in [2.75, 3.05) is 0 Å². The number of halogens is 1. The molecule has 0 saturated carbocycles. The smallest absolute Gasteiger partial charge is 0.314 e. The molecule has 7 heteroatoms. The van der Waals surface area contributed by atoms with Crippen LogP contribution in [0.15, 0.2) is 12.4 Å². The number of hydrogen-bond donors (Lipinski definition) is 1. The third-order valence-electron chi connectivity index (χ3n) is 1.94. The van der Waals surface area contributed by atoms with Crippen LogP contribution in [0.2, 0.25) is 5.02 Å². The van der Waals surface area contributed by atoms with E-state index in [0.717, 1.165) is 0 Å². The van der Waals surface area contributed by atoms with E-state index in [0.29, 0.717) is 10.8 Å². The van der Waals surface area contributed by atoms with E-state index < -0.39 is 11.9 Å². The van der Waals surface area contributed by atoms with E-state index in [9.17, 15) is 4.79 Å². The summed E-state index contributed by atoms with van der Waals surface area (Å²) in [6.07, 6.45) is 2.95. The molecule has 0 saturated heterocycles. The molecule has 0 aliphatic rings. The molecular formula is C8H7ClN4O2. The van der Waals surface area contributed by atoms with Gasteiger partial charge in [-0.1, -0.05) is 11.6 Å². The minimum Gasteiger partial charge on any atom is -0.481 e. The zero-order chi connectivity index (χ0) is 11.0. The molecule has 78 valence electrons. The highest BCUT2D eigenvalue weighted by molar-refractivity contribution is 6.30. The largest absolute Gasteiger partial charge is 0.481 e. The van der Waals surface area contributed by atoms with Crippen molar-refractivity contribution in [3.8, 4) is 0 Å². The lowest BCUT2D eigenvalue weighted by Gasteiger charge is -1.97. The third-order valence-corrected chi connectivity index (χ3v) is 2.13. The fourth-order valence-corrected chi connectivity index (χ4v) is 1.21. The Labute approximate surface area is 89.5 Å². The predicted octanol–water partition coefficient (Wildman–Crippen LogP) is 0.966. The summed E-state index contributed by atoms with van der Waals surface area (Å²) in [6.45, 7) is 1.51. The molecule has 0 aromatic carbocycles. The van der Waals surface area contributed by atoms with Crippen molar-refractivity contribution in [3.63, 3.8) is 0 Å². The fraction of sp³-hybridized carbons (Fsp3) is 0.250. The lowest BCUT2D eigenvalue weighted by atomic mass is 10.2. The SMILES string of the molecule is CC(C(=O)O)c1nc2ncc(Cl)cn2n1. The molecule has 2 rings (SSSR count). The van der Waals surface area contributed by atoms with Crippen LogP contribution in [-0.4, -0.2) is 30.7 Å². The number of rotatable bonds is 2. The number of aromatic nitrogens is 4. The van der Waals surface area contributed by atoms with E-state index in [-0.39, 0.29) is 5.82 Å². The van der Waals surface area contributed by atoms with Gasteiger partial charge in [-0.3, -0.25) is 4.79 Å². The second-order valence-electron chi connectivity index (χ2n) is 3.05. The average Bonchev–Trinajstić information content (AvgIpc) is 2.58. The molecule has 1 atom stereocenters. The van der Waals surface area contributed by atoms with Gasteiger partial charge in [0.2, 0.25) is 0 Å². The van der Waals surface area contributed by atoms with Gasteiger partial charge in [0.15, 0.2) is 5.82 Å². The molecule has 6 nitrogen and oxygen atoms in total. The average molecular weight is 227 g/mol. The summed E-state index contributed by atoms with van der Waals surface area (Å²) in [5.41, 5.74) is 0. The summed E-state index contributed by atoms with van der Waals surface area (Å²) in [7, 11) is 0. The van der Waals surface area contributed by atoms with Gasteiger partial charge in [0.1, 0.15) is 5.92 Å². The molecule has 0 amide bonds. The van der Waals surface area contributed by atoms with E-state index in [1.165, 1.54) is 23.8 Å². The summed E-state index contributed by atoms with van der Waals surface area (Å²) in [4.78, 5) is 18.6. The summed E-state index contributed by atoms with van der Waals surface area (Å²) in [5, 5.41) is 13.2. The van der Waals surface area contributed by atoms with Crippen LogP contribution >= 0.6 is 11.6 Å². The van der Waals surface area contributed by atoms with Crippen LogP contribution in [0.4, 0.5) is 0 Å². The number of carboxylic acids is 1. The molecule has 0 radical (unpaired) electrons. The van der Waals surface area contributed by atoms with E-state index in [2.05, 4.69) is 15.1 Å². The molecular weight excluding hydrogens is 220 g/mol. The van der Waals surface area contributed by atoms with E-state index >= 15 is 0 Å². The molecule has 2 aromatic heterocycles. The Balaban J connectivity index is 2.51. The quantitative estimate of drug-likeness (QED) is 0.825. The highest BCUT2D eigenvalue weighted by atomic mass is 35.5. The number of aliphatic carboxylic acids is 1. The predicted molar refractivity (Wildman–Crippen MR) is 51.8 cm³/mol. The topological polar surface area (TPSA) is 80.4 Å². The second-order valence-corrected chi connectivity index (χ2v) is 3.48. The van der Waals surface area contributed by atoms with Crippen molar-refractivity contribution in [2.45, 2.75) is 12.8 Å². The van der Waals surface area contributed by atoms with Crippen molar-refractivity contribution in [1.29, 1.82) is 0 Å². The monoisotopic (exact) mass is 226 g/mol. The third kappa shape index (κ3) is 1.75. The van der Waals surface area contributed by atoms with Crippen LogP contribution < -0.4 is 0 Å². The van der Waals surface area contributed by atoms with Crippen molar-refractivity contribution in [1.82, 2.24) is 19.6 Å². The van der Waals surface area contributed by atoms with Gasteiger partial charge in [0, 0.05) is 0 Å². The Morgan fingerprint density at radius 3 is 3.07 bits per heavy atom. The number of hydrogen-bond acceptors (Lipinski definition) is 4. The Hall–Kier alpha value is -1.69. The minimum atomic E-state index is -0.975. The van der Waals surface area contributed by atoms with Gasteiger partial charge in [-0.15, -0.1) is 5.10 Å². The molecule has 1 unspecified atom stereocenters. The second kappa shape index (κ2) is 3.47. The standard InChI is InChI=1S/C8H7ClN4O2/c1-4(7(14)15)6-11-8-10-2-5(9)3-13(8)12-6/h2-4H,1H3,(H,14,15). The Bertz CT molecular complexity index is 524. The minimum absolute atomic E-state index is 0.220. The van der Waals surface area contributed by atoms with Crippen LogP contribution in [0, 0.1) is 0 Å². The van der Waals surface area contributed by atoms with Gasteiger partial charge in [-0.05, 0) is 6.92 Å². The summed E-state index contributed by atoms with van der Waals surface area (Å²) in [5.74, 6) is -1.18. The molecule has 0 spiro atoms. The number of carboxylic acid groups (broad SMARTS) is 1. The maximum Gasteiger partial charge on any atom is 0.314 e. The van der Waals surface area contributed by atoms with E-state index in [1.54, 1.807) is 0 Å². The molecule has 2 aromatic rings. The first-order chi connectivity index (χ1) is 7.08. The van der Waals surface area contributed by atoms with Gasteiger partial charge in [-0.2, -0.15) is 4.98 Å². The number of fused-ring (bicyclic) bond motifs is 1. The summed E-state index contributed by atoms with van der Waals surface area (Å²) < 4.78 is 1.36. The maximum absolute atomic E-state index is 10.7. The van der Waals surface area contributed by atoms with Crippen molar-refractivity contribution < 1.29 is 9.90 Å². The summed E-state index contributed by atoms with van der Waals surface area (Å²) >= 11 is 5.70. The normalized spacial score (nSPS) is 12.9. The van der Waals surface area contributed by atoms with Gasteiger partial charge >= 0.3 is 5.97 Å². The first-order valence-electron chi connectivity index (χ1n) is 4.18. The molecule has 0 fully saturated rings. The van der Waals surface area contributed by atoms with E-state index in [1.807, 2.05) is 0 Å². The van der Waals surface area contributed by atoms with Gasteiger partial charge < -0.3 is 5.11 Å². The van der Waals surface area contributed by atoms with Gasteiger partial charge in [0.05, 0.1) is 17.4 Å². The first-order valence-corrected chi connectivity index (χ1v) is 4.56. The molecule has 2 heterocycles. The molecule has 1 N–H and O–H groups in total. The highest BCUT2D eigenvalue weighted by Crippen LogP contribution is 2.12. The maximum atomic E-state index is 10.7. The molecule has 0 aliphatic heterocycles. The molecule has 0 bridgehead atoms. The zero-order valence-electron chi connectivity index (χ0n) is 7.75. The van der Waals surface area contributed by atoms with Crippen molar-refractivity contribution >= 4 is 23.3 Å². The highest BCUT2D eigenvalue weighted by Gasteiger charge is 2.19. The number of carbonyl (C=O) groups is 1.